The van der Waals surface area contributed by atoms with E-state index in [1.807, 2.05) is 43.3 Å². The van der Waals surface area contributed by atoms with E-state index in [1.165, 1.54) is 31.0 Å². The summed E-state index contributed by atoms with van der Waals surface area (Å²) in [4.78, 5) is 52.2. The van der Waals surface area contributed by atoms with Crippen molar-refractivity contribution in [2.45, 2.75) is 38.0 Å². The minimum Gasteiger partial charge on any atom is -0.363 e. The van der Waals surface area contributed by atoms with Gasteiger partial charge in [0.15, 0.2) is 0 Å². The van der Waals surface area contributed by atoms with Crippen molar-refractivity contribution >= 4 is 34.9 Å². The Hall–Kier alpha value is -4.78. The van der Waals surface area contributed by atoms with Gasteiger partial charge in [0.2, 0.25) is 11.8 Å². The summed E-state index contributed by atoms with van der Waals surface area (Å²) in [5, 5.41) is 0. The molecule has 0 spiro atoms. The van der Waals surface area contributed by atoms with Crippen molar-refractivity contribution in [1.29, 1.82) is 0 Å². The van der Waals surface area contributed by atoms with E-state index in [0.29, 0.717) is 25.2 Å². The van der Waals surface area contributed by atoms with Crippen LogP contribution in [0.1, 0.15) is 34.7 Å². The van der Waals surface area contributed by atoms with Crippen LogP contribution < -0.4 is 14.7 Å². The predicted octanol–water partition coefficient (Wildman–Crippen LogP) is 5.00. The molecule has 0 unspecified atom stereocenters. The third-order valence-electron chi connectivity index (χ3n) is 9.43. The number of carbonyl (C=O) groups is 3. The van der Waals surface area contributed by atoms with Gasteiger partial charge in [0, 0.05) is 69.3 Å². The van der Waals surface area contributed by atoms with Gasteiger partial charge in [0.05, 0.1) is 16.9 Å². The molecule has 0 bridgehead atoms. The fourth-order valence-corrected chi connectivity index (χ4v) is 7.05. The monoisotopic (exact) mass is 678 g/mol. The zero-order chi connectivity index (χ0) is 35.4. The van der Waals surface area contributed by atoms with E-state index in [0.717, 1.165) is 28.2 Å². The summed E-state index contributed by atoms with van der Waals surface area (Å²) in [5.41, 5.74) is 2.03. The van der Waals surface area contributed by atoms with Gasteiger partial charge in [-0.3, -0.25) is 19.3 Å². The first-order chi connectivity index (χ1) is 23.1. The quantitative estimate of drug-likeness (QED) is 0.259. The van der Waals surface area contributed by atoms with Crippen LogP contribution in [0, 0.1) is 18.7 Å². The smallest absolute Gasteiger partial charge is 0.363 e. The Morgan fingerprint density at radius 2 is 1.73 bits per heavy atom. The number of likely N-dealkylation sites (N-methyl/N-ethyl adjacent to an activating group) is 2. The maximum atomic E-state index is 15.6. The molecule has 2 atom stereocenters. The summed E-state index contributed by atoms with van der Waals surface area (Å²) in [6.45, 7) is 7.32. The number of pyridine rings is 1. The van der Waals surface area contributed by atoms with Gasteiger partial charge in [-0.1, -0.05) is 36.9 Å². The zero-order valence-electron chi connectivity index (χ0n) is 27.8. The Bertz CT molecular complexity index is 1810. The van der Waals surface area contributed by atoms with Gasteiger partial charge in [0.25, 0.3) is 5.91 Å². The average molecular weight is 679 g/mol. The molecule has 6 rings (SSSR count). The zero-order valence-corrected chi connectivity index (χ0v) is 27.8. The number of aromatic nitrogens is 1. The maximum absolute atomic E-state index is 15.6. The number of rotatable bonds is 7. The van der Waals surface area contributed by atoms with Crippen LogP contribution in [0.5, 0.6) is 0 Å². The van der Waals surface area contributed by atoms with Crippen molar-refractivity contribution in [2.75, 3.05) is 62.0 Å². The van der Waals surface area contributed by atoms with E-state index >= 15 is 4.39 Å². The summed E-state index contributed by atoms with van der Waals surface area (Å²) >= 11 is 0. The molecule has 4 heterocycles. The second-order valence-corrected chi connectivity index (χ2v) is 13.4. The number of fused-ring (bicyclic) bond motifs is 2. The Labute approximate surface area is 282 Å². The van der Waals surface area contributed by atoms with Gasteiger partial charge >= 0.3 is 6.18 Å². The number of nitrogens with zero attached hydrogens (tertiary/aromatic N) is 6. The van der Waals surface area contributed by atoms with Gasteiger partial charge in [-0.05, 0) is 56.4 Å². The molecule has 258 valence electrons. The summed E-state index contributed by atoms with van der Waals surface area (Å²) in [5.74, 6) is -2.39. The van der Waals surface area contributed by atoms with Gasteiger partial charge < -0.3 is 19.6 Å². The number of para-hydroxylation sites is 1. The standard InChI is InChI=1S/C36H38F4N6O3/c1-21(16-42(3)4)34(48)45-19-26(20-45)24-11-9-23(10-12-24)17-44-18-25-14-31(47)46(30-15-27(36(38,39)40)13-22(2)41-30)32(25)35(49)43(5)29-8-6-7-28(37)33(29)44/h6-13,15,25-26,32H,1,14,16-20H2,2-5H3/t25-,32+/m1/s1. The van der Waals surface area contributed by atoms with Crippen molar-refractivity contribution < 1.29 is 31.9 Å². The Kier molecular flexibility index (Phi) is 8.99. The predicted molar refractivity (Wildman–Crippen MR) is 178 cm³/mol. The highest BCUT2D eigenvalue weighted by Crippen LogP contribution is 2.42. The Morgan fingerprint density at radius 1 is 1.04 bits per heavy atom. The SMILES string of the molecule is C=C(CN(C)C)C(=O)N1CC(c2ccc(CN3C[C@H]4CC(=O)N(c5cc(C(F)(F)F)cc(C)n5)[C@@H]4C(=O)N(C)c4cccc(F)c43)cc2)C1. The van der Waals surface area contributed by atoms with Gasteiger partial charge in [-0.25, -0.2) is 9.37 Å². The molecule has 3 aliphatic rings. The molecular weight excluding hydrogens is 640 g/mol. The van der Waals surface area contributed by atoms with E-state index < -0.39 is 41.3 Å². The average Bonchev–Trinajstić information content (AvgIpc) is 3.33. The highest BCUT2D eigenvalue weighted by Gasteiger charge is 2.49. The lowest BCUT2D eigenvalue weighted by molar-refractivity contribution is -0.137. The van der Waals surface area contributed by atoms with E-state index in [9.17, 15) is 27.6 Å². The van der Waals surface area contributed by atoms with Gasteiger partial charge in [0.1, 0.15) is 17.7 Å². The molecule has 3 aromatic rings. The Balaban J connectivity index is 1.26. The molecule has 0 radical (unpaired) electrons. The minimum absolute atomic E-state index is 0.0518. The fraction of sp³-hybridized carbons (Fsp3) is 0.389. The van der Waals surface area contributed by atoms with Crippen LogP contribution in [-0.2, 0) is 27.1 Å². The molecule has 13 heteroatoms. The van der Waals surface area contributed by atoms with E-state index in [-0.39, 0.29) is 54.2 Å². The lowest BCUT2D eigenvalue weighted by Gasteiger charge is -2.40. The molecule has 2 saturated heterocycles. The van der Waals surface area contributed by atoms with E-state index in [4.69, 9.17) is 0 Å². The van der Waals surface area contributed by atoms with Crippen molar-refractivity contribution in [3.05, 3.63) is 95.0 Å². The van der Waals surface area contributed by atoms with E-state index in [2.05, 4.69) is 11.6 Å². The summed E-state index contributed by atoms with van der Waals surface area (Å²) < 4.78 is 56.8. The minimum atomic E-state index is -4.67. The molecular formula is C36H38F4N6O3. The fourth-order valence-electron chi connectivity index (χ4n) is 7.05. The van der Waals surface area contributed by atoms with Crippen LogP contribution in [0.15, 0.2) is 66.7 Å². The number of aryl methyl sites for hydroxylation is 1. The molecule has 2 fully saturated rings. The number of anilines is 3. The number of likely N-dealkylation sites (tertiary alicyclic amines) is 1. The number of alkyl halides is 3. The molecule has 49 heavy (non-hydrogen) atoms. The number of hydrogen-bond acceptors (Lipinski definition) is 6. The van der Waals surface area contributed by atoms with Gasteiger partial charge in [-0.2, -0.15) is 13.2 Å². The van der Waals surface area contributed by atoms with Crippen LogP contribution in [0.3, 0.4) is 0 Å². The van der Waals surface area contributed by atoms with Crippen molar-refractivity contribution in [3.8, 4) is 0 Å². The normalized spacial score (nSPS) is 19.9. The largest absolute Gasteiger partial charge is 0.416 e. The lowest BCUT2D eigenvalue weighted by Crippen LogP contribution is -2.52. The molecule has 3 amide bonds. The first-order valence-electron chi connectivity index (χ1n) is 16.0. The van der Waals surface area contributed by atoms with E-state index in [1.54, 1.807) is 15.9 Å². The number of hydrogen-bond donors (Lipinski definition) is 0. The van der Waals surface area contributed by atoms with Gasteiger partial charge in [-0.15, -0.1) is 0 Å². The molecule has 3 aliphatic heterocycles. The molecule has 2 aromatic carbocycles. The summed E-state index contributed by atoms with van der Waals surface area (Å²) in [6.07, 6.45) is -4.80. The summed E-state index contributed by atoms with van der Waals surface area (Å²) in [6, 6.07) is 12.8. The topological polar surface area (TPSA) is 80.3 Å². The number of benzene rings is 2. The van der Waals surface area contributed by atoms with Crippen LogP contribution in [-0.4, -0.2) is 85.9 Å². The molecule has 9 nitrogen and oxygen atoms in total. The number of halogens is 4. The second kappa shape index (κ2) is 12.9. The van der Waals surface area contributed by atoms with Crippen LogP contribution in [0.4, 0.5) is 34.8 Å². The first kappa shape index (κ1) is 34.1. The van der Waals surface area contributed by atoms with Crippen LogP contribution >= 0.6 is 0 Å². The highest BCUT2D eigenvalue weighted by atomic mass is 19.4. The van der Waals surface area contributed by atoms with Crippen LogP contribution in [0.2, 0.25) is 0 Å². The van der Waals surface area contributed by atoms with Crippen molar-refractivity contribution in [1.82, 2.24) is 14.8 Å². The number of carbonyl (C=O) groups excluding carboxylic acids is 3. The van der Waals surface area contributed by atoms with Crippen molar-refractivity contribution in [2.24, 2.45) is 5.92 Å². The molecule has 0 N–H and O–H groups in total. The lowest BCUT2D eigenvalue weighted by atomic mass is 9.90. The third kappa shape index (κ3) is 6.63. The molecule has 0 aliphatic carbocycles. The highest BCUT2D eigenvalue weighted by molar-refractivity contribution is 6.10. The summed E-state index contributed by atoms with van der Waals surface area (Å²) in [7, 11) is 5.25. The number of amides is 3. The molecule has 0 saturated carbocycles. The molecule has 1 aromatic heterocycles. The third-order valence-corrected chi connectivity index (χ3v) is 9.43. The maximum Gasteiger partial charge on any atom is 0.416 e. The first-order valence-corrected chi connectivity index (χ1v) is 16.0. The van der Waals surface area contributed by atoms with Crippen LogP contribution in [0.25, 0.3) is 0 Å². The van der Waals surface area contributed by atoms with Crippen molar-refractivity contribution in [3.63, 3.8) is 0 Å². The Morgan fingerprint density at radius 3 is 2.39 bits per heavy atom. The second-order valence-electron chi connectivity index (χ2n) is 13.4.